The molecule has 0 saturated heterocycles. The zero-order valence-corrected chi connectivity index (χ0v) is 18.3. The third-order valence-electron chi connectivity index (χ3n) is 4.00. The van der Waals surface area contributed by atoms with Gasteiger partial charge in [-0.25, -0.2) is 13.8 Å². The van der Waals surface area contributed by atoms with E-state index in [-0.39, 0.29) is 21.4 Å². The summed E-state index contributed by atoms with van der Waals surface area (Å²) in [5.41, 5.74) is 2.24. The van der Waals surface area contributed by atoms with Crippen LogP contribution in [0.15, 0.2) is 46.4 Å². The standard InChI is InChI=1S/C18H19ClN4O7S/c1-22(31(27,28)13-5-7-16(29-2)14(19)9-13)11-18(24)21-20-10-12-4-6-17(30-3)15(8-12)23(25)26/h4-10H,11H2,1-3H3,(H,21,24)/b20-10+. The molecular formula is C18H19ClN4O7S. The summed E-state index contributed by atoms with van der Waals surface area (Å²) in [5.74, 6) is -0.323. The van der Waals surface area contributed by atoms with Crippen LogP contribution in [0.3, 0.4) is 0 Å². The summed E-state index contributed by atoms with van der Waals surface area (Å²) in [6, 6.07) is 8.05. The molecule has 2 aromatic rings. The van der Waals surface area contributed by atoms with Crippen molar-refractivity contribution in [3.8, 4) is 11.5 Å². The van der Waals surface area contributed by atoms with Gasteiger partial charge in [-0.05, 0) is 30.3 Å². The number of sulfonamides is 1. The topological polar surface area (TPSA) is 140 Å². The minimum absolute atomic E-state index is 0.0802. The number of nitrogens with zero attached hydrogens (tertiary/aromatic N) is 3. The van der Waals surface area contributed by atoms with Crippen molar-refractivity contribution in [3.63, 3.8) is 0 Å². The van der Waals surface area contributed by atoms with E-state index in [4.69, 9.17) is 21.1 Å². The molecule has 0 spiro atoms. The second-order valence-electron chi connectivity index (χ2n) is 6.04. The van der Waals surface area contributed by atoms with Gasteiger partial charge in [-0.3, -0.25) is 14.9 Å². The van der Waals surface area contributed by atoms with Gasteiger partial charge in [0.1, 0.15) is 5.75 Å². The minimum Gasteiger partial charge on any atom is -0.495 e. The van der Waals surface area contributed by atoms with Crippen molar-refractivity contribution >= 4 is 39.4 Å². The number of nitro groups is 1. The van der Waals surface area contributed by atoms with Crippen LogP contribution in [0.4, 0.5) is 5.69 Å². The Morgan fingerprint density at radius 2 is 1.87 bits per heavy atom. The molecule has 1 amide bonds. The van der Waals surface area contributed by atoms with Gasteiger partial charge >= 0.3 is 5.69 Å². The number of hydrogen-bond acceptors (Lipinski definition) is 8. The summed E-state index contributed by atoms with van der Waals surface area (Å²) in [4.78, 5) is 22.4. The molecule has 0 aliphatic rings. The van der Waals surface area contributed by atoms with Gasteiger partial charge in [0.2, 0.25) is 10.0 Å². The number of amides is 1. The average Bonchev–Trinajstić information content (AvgIpc) is 2.73. The Morgan fingerprint density at radius 1 is 1.23 bits per heavy atom. The second-order valence-corrected chi connectivity index (χ2v) is 8.49. The van der Waals surface area contributed by atoms with E-state index in [0.717, 1.165) is 4.31 Å². The van der Waals surface area contributed by atoms with Crippen molar-refractivity contribution in [1.82, 2.24) is 9.73 Å². The number of benzene rings is 2. The van der Waals surface area contributed by atoms with Gasteiger partial charge in [0, 0.05) is 18.7 Å². The van der Waals surface area contributed by atoms with Crippen LogP contribution < -0.4 is 14.9 Å². The van der Waals surface area contributed by atoms with Crippen molar-refractivity contribution in [3.05, 3.63) is 57.1 Å². The van der Waals surface area contributed by atoms with Crippen LogP contribution in [0.1, 0.15) is 5.56 Å². The van der Waals surface area contributed by atoms with Crippen molar-refractivity contribution in [2.75, 3.05) is 27.8 Å². The highest BCUT2D eigenvalue weighted by Crippen LogP contribution is 2.28. The molecule has 2 aromatic carbocycles. The molecule has 166 valence electrons. The summed E-state index contributed by atoms with van der Waals surface area (Å²) in [5, 5.41) is 14.8. The molecule has 0 heterocycles. The maximum absolute atomic E-state index is 12.6. The molecule has 0 aliphatic carbocycles. The minimum atomic E-state index is -3.99. The molecule has 31 heavy (non-hydrogen) atoms. The zero-order chi connectivity index (χ0) is 23.2. The molecule has 1 N–H and O–H groups in total. The van der Waals surface area contributed by atoms with Crippen molar-refractivity contribution in [1.29, 1.82) is 0 Å². The number of methoxy groups -OCH3 is 2. The molecule has 0 aromatic heterocycles. The number of nitro benzene ring substituents is 1. The fraction of sp³-hybridized carbons (Fsp3) is 0.222. The highest BCUT2D eigenvalue weighted by Gasteiger charge is 2.24. The number of rotatable bonds is 9. The number of carbonyl (C=O) groups excluding carboxylic acids is 1. The van der Waals surface area contributed by atoms with Crippen LogP contribution in [0, 0.1) is 10.1 Å². The number of carbonyl (C=O) groups is 1. The molecule has 0 unspecified atom stereocenters. The second kappa shape index (κ2) is 10.2. The Hall–Kier alpha value is -3.22. The molecular weight excluding hydrogens is 452 g/mol. The van der Waals surface area contributed by atoms with E-state index in [9.17, 15) is 23.3 Å². The van der Waals surface area contributed by atoms with Crippen LogP contribution in [0.2, 0.25) is 5.02 Å². The molecule has 0 aliphatic heterocycles. The third kappa shape index (κ3) is 5.90. The van der Waals surface area contributed by atoms with E-state index >= 15 is 0 Å². The van der Waals surface area contributed by atoms with Gasteiger partial charge in [0.15, 0.2) is 5.75 Å². The quantitative estimate of drug-likeness (QED) is 0.336. The van der Waals surface area contributed by atoms with Gasteiger partial charge in [0.25, 0.3) is 5.91 Å². The van der Waals surface area contributed by atoms with E-state index in [1.807, 2.05) is 0 Å². The van der Waals surface area contributed by atoms with Gasteiger partial charge in [-0.15, -0.1) is 0 Å². The lowest BCUT2D eigenvalue weighted by Gasteiger charge is -2.16. The predicted molar refractivity (Wildman–Crippen MR) is 113 cm³/mol. The molecule has 0 fully saturated rings. The maximum Gasteiger partial charge on any atom is 0.311 e. The molecule has 13 heteroatoms. The van der Waals surface area contributed by atoms with E-state index < -0.39 is 27.4 Å². The first kappa shape index (κ1) is 24.1. The molecule has 0 radical (unpaired) electrons. The van der Waals surface area contributed by atoms with E-state index in [2.05, 4.69) is 10.5 Å². The first-order chi connectivity index (χ1) is 14.6. The fourth-order valence-electron chi connectivity index (χ4n) is 2.42. The highest BCUT2D eigenvalue weighted by atomic mass is 35.5. The lowest BCUT2D eigenvalue weighted by Crippen LogP contribution is -2.36. The fourth-order valence-corrected chi connectivity index (χ4v) is 3.90. The lowest BCUT2D eigenvalue weighted by atomic mass is 10.2. The largest absolute Gasteiger partial charge is 0.495 e. The van der Waals surface area contributed by atoms with E-state index in [0.29, 0.717) is 11.3 Å². The number of hydrogen-bond donors (Lipinski definition) is 1. The van der Waals surface area contributed by atoms with Crippen LogP contribution in [0.5, 0.6) is 11.5 Å². The lowest BCUT2D eigenvalue weighted by molar-refractivity contribution is -0.385. The van der Waals surface area contributed by atoms with Gasteiger partial charge in [-0.2, -0.15) is 9.41 Å². The normalized spacial score (nSPS) is 11.5. The summed E-state index contributed by atoms with van der Waals surface area (Å²) >= 11 is 5.97. The Kier molecular flexibility index (Phi) is 7.91. The smallest absolute Gasteiger partial charge is 0.311 e. The Morgan fingerprint density at radius 3 is 2.45 bits per heavy atom. The Bertz CT molecular complexity index is 1120. The Balaban J connectivity index is 2.04. The van der Waals surface area contributed by atoms with Crippen LogP contribution in [-0.2, 0) is 14.8 Å². The molecule has 0 atom stereocenters. The van der Waals surface area contributed by atoms with Crippen LogP contribution >= 0.6 is 11.6 Å². The summed E-state index contributed by atoms with van der Waals surface area (Å²) in [7, 11) is -0.0584. The summed E-state index contributed by atoms with van der Waals surface area (Å²) in [6.07, 6.45) is 1.18. The van der Waals surface area contributed by atoms with Gasteiger partial charge < -0.3 is 9.47 Å². The molecule has 0 bridgehead atoms. The molecule has 2 rings (SSSR count). The molecule has 0 saturated carbocycles. The first-order valence-corrected chi connectivity index (χ1v) is 10.4. The van der Waals surface area contributed by atoms with Crippen LogP contribution in [0.25, 0.3) is 0 Å². The monoisotopic (exact) mass is 470 g/mol. The summed E-state index contributed by atoms with van der Waals surface area (Å²) < 4.78 is 35.9. The predicted octanol–water partition coefficient (Wildman–Crippen LogP) is 2.04. The average molecular weight is 471 g/mol. The Labute approximate surface area is 183 Å². The number of ether oxygens (including phenoxy) is 2. The van der Waals surface area contributed by atoms with Gasteiger partial charge in [-0.1, -0.05) is 11.6 Å². The number of hydrazone groups is 1. The first-order valence-electron chi connectivity index (χ1n) is 8.54. The zero-order valence-electron chi connectivity index (χ0n) is 16.7. The van der Waals surface area contributed by atoms with Crippen molar-refractivity contribution < 1.29 is 27.6 Å². The number of likely N-dealkylation sites (N-methyl/N-ethyl adjacent to an activating group) is 1. The number of nitrogens with one attached hydrogen (secondary N) is 1. The van der Waals surface area contributed by atoms with E-state index in [1.165, 1.54) is 63.9 Å². The van der Waals surface area contributed by atoms with Gasteiger partial charge in [0.05, 0.1) is 41.8 Å². The van der Waals surface area contributed by atoms with Crippen molar-refractivity contribution in [2.24, 2.45) is 5.10 Å². The highest BCUT2D eigenvalue weighted by molar-refractivity contribution is 7.89. The number of halogens is 1. The maximum atomic E-state index is 12.6. The SMILES string of the molecule is COc1ccc(S(=O)(=O)N(C)CC(=O)N/N=C/c2ccc(OC)c([N+](=O)[O-])c2)cc1Cl. The van der Waals surface area contributed by atoms with E-state index in [1.54, 1.807) is 0 Å². The molecule has 11 nitrogen and oxygen atoms in total. The third-order valence-corrected chi connectivity index (χ3v) is 6.09. The summed E-state index contributed by atoms with van der Waals surface area (Å²) in [6.45, 7) is -0.522. The van der Waals surface area contributed by atoms with Crippen molar-refractivity contribution in [2.45, 2.75) is 4.90 Å². The van der Waals surface area contributed by atoms with Crippen LogP contribution in [-0.4, -0.2) is 57.6 Å².